The predicted octanol–water partition coefficient (Wildman–Crippen LogP) is 3.22. The summed E-state index contributed by atoms with van der Waals surface area (Å²) in [6.45, 7) is 0.400. The van der Waals surface area contributed by atoms with E-state index in [1.54, 1.807) is 0 Å². The molecule has 1 aliphatic heterocycles. The lowest BCUT2D eigenvalue weighted by atomic mass is 9.69. The van der Waals surface area contributed by atoms with Crippen molar-refractivity contribution >= 4 is 17.6 Å². The number of nitrogens with zero attached hydrogens (tertiary/aromatic N) is 2. The van der Waals surface area contributed by atoms with Crippen LogP contribution in [0.5, 0.6) is 0 Å². The summed E-state index contributed by atoms with van der Waals surface area (Å²) < 4.78 is 14.6. The smallest absolute Gasteiger partial charge is 0.322 e. The van der Waals surface area contributed by atoms with E-state index in [2.05, 4.69) is 48.6 Å². The number of amides is 3. The SMILES string of the molecule is CN(C)C1(c2ccccc2)CCC2(CC1)CN(c1ccc(C(N)=O)cc1F)C(=O)N2. The summed E-state index contributed by atoms with van der Waals surface area (Å²) in [5, 5.41) is 3.12. The van der Waals surface area contributed by atoms with Crippen molar-refractivity contribution in [3.8, 4) is 0 Å². The van der Waals surface area contributed by atoms with Gasteiger partial charge in [-0.15, -0.1) is 0 Å². The van der Waals surface area contributed by atoms with Crippen molar-refractivity contribution < 1.29 is 14.0 Å². The fraction of sp³-hybridized carbons (Fsp3) is 0.391. The Bertz CT molecular complexity index is 968. The number of primary amides is 1. The van der Waals surface area contributed by atoms with Gasteiger partial charge in [0, 0.05) is 11.1 Å². The van der Waals surface area contributed by atoms with Crippen molar-refractivity contribution in [1.82, 2.24) is 10.2 Å². The van der Waals surface area contributed by atoms with Gasteiger partial charge >= 0.3 is 6.03 Å². The average Bonchev–Trinajstić information content (AvgIpc) is 3.04. The molecule has 2 fully saturated rings. The minimum Gasteiger partial charge on any atom is -0.366 e. The normalized spacial score (nSPS) is 26.3. The van der Waals surface area contributed by atoms with Gasteiger partial charge in [-0.25, -0.2) is 9.18 Å². The van der Waals surface area contributed by atoms with Crippen molar-refractivity contribution in [2.75, 3.05) is 25.5 Å². The molecule has 6 nitrogen and oxygen atoms in total. The number of halogens is 1. The highest BCUT2D eigenvalue weighted by molar-refractivity contribution is 5.97. The summed E-state index contributed by atoms with van der Waals surface area (Å²) >= 11 is 0. The first-order valence-electron chi connectivity index (χ1n) is 10.2. The first-order chi connectivity index (χ1) is 14.3. The molecule has 3 amide bonds. The molecular formula is C23H27FN4O2. The first-order valence-corrected chi connectivity index (χ1v) is 10.2. The van der Waals surface area contributed by atoms with E-state index < -0.39 is 11.7 Å². The number of anilines is 1. The second kappa shape index (κ2) is 7.40. The van der Waals surface area contributed by atoms with Gasteiger partial charge in [-0.3, -0.25) is 14.6 Å². The molecule has 2 aliphatic rings. The van der Waals surface area contributed by atoms with E-state index in [-0.39, 0.29) is 28.4 Å². The van der Waals surface area contributed by atoms with Crippen LogP contribution in [-0.2, 0) is 5.54 Å². The maximum atomic E-state index is 14.6. The highest BCUT2D eigenvalue weighted by Crippen LogP contribution is 2.46. The molecule has 30 heavy (non-hydrogen) atoms. The third-order valence-electron chi connectivity index (χ3n) is 6.80. The Hall–Kier alpha value is -2.93. The monoisotopic (exact) mass is 410 g/mol. The molecule has 1 spiro atoms. The molecule has 7 heteroatoms. The Morgan fingerprint density at radius 2 is 1.77 bits per heavy atom. The van der Waals surface area contributed by atoms with Crippen LogP contribution < -0.4 is 16.0 Å². The van der Waals surface area contributed by atoms with Crippen molar-refractivity contribution in [1.29, 1.82) is 0 Å². The Balaban J connectivity index is 1.56. The molecule has 158 valence electrons. The van der Waals surface area contributed by atoms with E-state index >= 15 is 0 Å². The first kappa shape index (κ1) is 20.3. The summed E-state index contributed by atoms with van der Waals surface area (Å²) in [7, 11) is 4.19. The van der Waals surface area contributed by atoms with E-state index in [9.17, 15) is 14.0 Å². The van der Waals surface area contributed by atoms with Gasteiger partial charge in [-0.1, -0.05) is 30.3 Å². The molecular weight excluding hydrogens is 383 g/mol. The average molecular weight is 410 g/mol. The molecule has 2 aromatic rings. The standard InChI is InChI=1S/C23H27FN4O2/c1-27(2)23(17-6-4-3-5-7-17)12-10-22(11-13-23)15-28(21(30)26-22)19-9-8-16(20(25)29)14-18(19)24/h3-9,14H,10-13,15H2,1-2H3,(H2,25,29)(H,26,30). The largest absolute Gasteiger partial charge is 0.366 e. The summed E-state index contributed by atoms with van der Waals surface area (Å²) in [5.74, 6) is -1.32. The van der Waals surface area contributed by atoms with E-state index in [0.29, 0.717) is 6.54 Å². The molecule has 3 N–H and O–H groups in total. The lowest BCUT2D eigenvalue weighted by molar-refractivity contribution is 0.0657. The number of carbonyl (C=O) groups is 2. The summed E-state index contributed by atoms with van der Waals surface area (Å²) in [6.07, 6.45) is 3.37. The van der Waals surface area contributed by atoms with E-state index in [1.807, 2.05) is 6.07 Å². The van der Waals surface area contributed by atoms with Crippen LogP contribution in [-0.4, -0.2) is 43.0 Å². The van der Waals surface area contributed by atoms with Gasteiger partial charge in [-0.05, 0) is 63.5 Å². The fourth-order valence-electron chi connectivity index (χ4n) is 4.95. The van der Waals surface area contributed by atoms with Crippen LogP contribution in [0.25, 0.3) is 0 Å². The van der Waals surface area contributed by atoms with Gasteiger partial charge in [0.2, 0.25) is 5.91 Å². The fourth-order valence-corrected chi connectivity index (χ4v) is 4.95. The second-order valence-electron chi connectivity index (χ2n) is 8.62. The molecule has 0 unspecified atom stereocenters. The van der Waals surface area contributed by atoms with Crippen LogP contribution in [0.2, 0.25) is 0 Å². The summed E-state index contributed by atoms with van der Waals surface area (Å²) in [5.41, 5.74) is 6.28. The molecule has 1 saturated carbocycles. The van der Waals surface area contributed by atoms with Gasteiger partial charge < -0.3 is 11.1 Å². The molecule has 4 rings (SSSR count). The Kier molecular flexibility index (Phi) is 5.02. The predicted molar refractivity (Wildman–Crippen MR) is 114 cm³/mol. The quantitative estimate of drug-likeness (QED) is 0.812. The number of hydrogen-bond acceptors (Lipinski definition) is 3. The number of carbonyl (C=O) groups excluding carboxylic acids is 2. The molecule has 0 bridgehead atoms. The van der Waals surface area contributed by atoms with Gasteiger partial charge in [0.15, 0.2) is 0 Å². The van der Waals surface area contributed by atoms with Crippen molar-refractivity contribution in [3.63, 3.8) is 0 Å². The van der Waals surface area contributed by atoms with Gasteiger partial charge in [-0.2, -0.15) is 0 Å². The van der Waals surface area contributed by atoms with E-state index in [1.165, 1.54) is 22.6 Å². The lowest BCUT2D eigenvalue weighted by Crippen LogP contribution is -2.54. The number of nitrogens with two attached hydrogens (primary N) is 1. The topological polar surface area (TPSA) is 78.7 Å². The van der Waals surface area contributed by atoms with Crippen molar-refractivity contribution in [3.05, 3.63) is 65.5 Å². The van der Waals surface area contributed by atoms with Gasteiger partial charge in [0.25, 0.3) is 0 Å². The molecule has 1 heterocycles. The molecule has 0 atom stereocenters. The van der Waals surface area contributed by atoms with Crippen molar-refractivity contribution in [2.24, 2.45) is 5.73 Å². The van der Waals surface area contributed by atoms with Gasteiger partial charge in [0.1, 0.15) is 5.82 Å². The van der Waals surface area contributed by atoms with Crippen LogP contribution in [0.4, 0.5) is 14.9 Å². The number of rotatable bonds is 4. The zero-order valence-electron chi connectivity index (χ0n) is 17.3. The zero-order valence-corrected chi connectivity index (χ0v) is 17.3. The third kappa shape index (κ3) is 3.33. The highest BCUT2D eigenvalue weighted by Gasteiger charge is 2.50. The van der Waals surface area contributed by atoms with Gasteiger partial charge in [0.05, 0.1) is 17.8 Å². The van der Waals surface area contributed by atoms with E-state index in [0.717, 1.165) is 31.7 Å². The van der Waals surface area contributed by atoms with Crippen LogP contribution >= 0.6 is 0 Å². The van der Waals surface area contributed by atoms with Crippen LogP contribution in [0.3, 0.4) is 0 Å². The zero-order chi connectivity index (χ0) is 21.5. The number of hydrogen-bond donors (Lipinski definition) is 2. The molecule has 2 aromatic carbocycles. The van der Waals surface area contributed by atoms with Crippen molar-refractivity contribution in [2.45, 2.75) is 36.8 Å². The molecule has 1 saturated heterocycles. The van der Waals surface area contributed by atoms with Crippen LogP contribution in [0, 0.1) is 5.82 Å². The summed E-state index contributed by atoms with van der Waals surface area (Å²) in [6, 6.07) is 14.1. The minimum atomic E-state index is -0.698. The van der Waals surface area contributed by atoms with Crippen LogP contribution in [0.1, 0.15) is 41.6 Å². The highest BCUT2D eigenvalue weighted by atomic mass is 19.1. The number of benzene rings is 2. The van der Waals surface area contributed by atoms with Crippen LogP contribution in [0.15, 0.2) is 48.5 Å². The number of nitrogens with one attached hydrogen (secondary N) is 1. The summed E-state index contributed by atoms with van der Waals surface area (Å²) in [4.78, 5) is 27.7. The molecule has 0 aromatic heterocycles. The second-order valence-corrected chi connectivity index (χ2v) is 8.62. The maximum Gasteiger partial charge on any atom is 0.322 e. The minimum absolute atomic E-state index is 0.0843. The Morgan fingerprint density at radius 1 is 1.10 bits per heavy atom. The Morgan fingerprint density at radius 3 is 2.33 bits per heavy atom. The Labute approximate surface area is 175 Å². The van der Waals surface area contributed by atoms with E-state index in [4.69, 9.17) is 5.73 Å². The molecule has 1 aliphatic carbocycles. The third-order valence-corrected chi connectivity index (χ3v) is 6.80. The lowest BCUT2D eigenvalue weighted by Gasteiger charge is -2.48. The number of urea groups is 1. The maximum absolute atomic E-state index is 14.6. The molecule has 0 radical (unpaired) electrons.